The molecule has 7 heteroatoms. The van der Waals surface area contributed by atoms with E-state index in [9.17, 15) is 19.1 Å². The van der Waals surface area contributed by atoms with Crippen molar-refractivity contribution in [1.82, 2.24) is 9.88 Å². The number of carboxylic acids is 1. The number of aliphatic carboxylic acids is 1. The Morgan fingerprint density at radius 2 is 2.06 bits per heavy atom. The molecule has 0 fully saturated rings. The van der Waals surface area contributed by atoms with Crippen LogP contribution in [0.5, 0.6) is 0 Å². The van der Waals surface area contributed by atoms with Gasteiger partial charge in [-0.3, -0.25) is 4.79 Å². The summed E-state index contributed by atoms with van der Waals surface area (Å²) in [6.45, 7) is 1.84. The summed E-state index contributed by atoms with van der Waals surface area (Å²) in [6, 6.07) is 11.6. The Kier molecular flexibility index (Phi) is 6.65. The second-order valence-electron chi connectivity index (χ2n) is 8.32. The number of halogens is 2. The zero-order chi connectivity index (χ0) is 22.8. The van der Waals surface area contributed by atoms with Crippen LogP contribution in [0.4, 0.5) is 4.39 Å². The van der Waals surface area contributed by atoms with Gasteiger partial charge in [-0.05, 0) is 67.5 Å². The van der Waals surface area contributed by atoms with E-state index in [0.29, 0.717) is 32.1 Å². The third-order valence-electron chi connectivity index (χ3n) is 6.29. The highest BCUT2D eigenvalue weighted by molar-refractivity contribution is 9.10. The van der Waals surface area contributed by atoms with Gasteiger partial charge in [0.2, 0.25) is 5.91 Å². The van der Waals surface area contributed by atoms with Gasteiger partial charge in [-0.2, -0.15) is 0 Å². The predicted molar refractivity (Wildman–Crippen MR) is 125 cm³/mol. The van der Waals surface area contributed by atoms with Gasteiger partial charge in [0, 0.05) is 33.5 Å². The predicted octanol–water partition coefficient (Wildman–Crippen LogP) is 5.18. The molecule has 2 aromatic carbocycles. The van der Waals surface area contributed by atoms with Crippen molar-refractivity contribution in [1.29, 1.82) is 0 Å². The summed E-state index contributed by atoms with van der Waals surface area (Å²) >= 11 is 3.52. The van der Waals surface area contributed by atoms with Gasteiger partial charge in [-0.15, -0.1) is 0 Å². The number of carbonyl (C=O) groups excluding carboxylic acids is 1. The van der Waals surface area contributed by atoms with Gasteiger partial charge < -0.3 is 15.0 Å². The Bertz CT molecular complexity index is 1170. The molecule has 0 bridgehead atoms. The zero-order valence-electron chi connectivity index (χ0n) is 17.9. The zero-order valence-corrected chi connectivity index (χ0v) is 19.5. The summed E-state index contributed by atoms with van der Waals surface area (Å²) in [6.07, 6.45) is 3.41. The molecule has 1 aliphatic carbocycles. The molecule has 1 aliphatic rings. The first kappa shape index (κ1) is 22.5. The Morgan fingerprint density at radius 1 is 1.28 bits per heavy atom. The number of carboxylic acid groups (broad SMARTS) is 1. The van der Waals surface area contributed by atoms with Crippen molar-refractivity contribution < 1.29 is 19.1 Å². The summed E-state index contributed by atoms with van der Waals surface area (Å²) in [5.74, 6) is -1.25. The highest BCUT2D eigenvalue weighted by atomic mass is 79.9. The fourth-order valence-corrected chi connectivity index (χ4v) is 5.24. The van der Waals surface area contributed by atoms with Crippen LogP contribution in [0.1, 0.15) is 49.0 Å². The largest absolute Gasteiger partial charge is 0.480 e. The van der Waals surface area contributed by atoms with E-state index in [0.717, 1.165) is 38.6 Å². The molecule has 3 aromatic rings. The summed E-state index contributed by atoms with van der Waals surface area (Å²) in [7, 11) is 0. The Morgan fingerprint density at radius 3 is 2.78 bits per heavy atom. The molecule has 0 saturated heterocycles. The summed E-state index contributed by atoms with van der Waals surface area (Å²) < 4.78 is 16.9. The molecule has 2 atom stereocenters. The highest BCUT2D eigenvalue weighted by Gasteiger charge is 2.30. The minimum Gasteiger partial charge on any atom is -0.480 e. The highest BCUT2D eigenvalue weighted by Crippen LogP contribution is 2.36. The fraction of sp³-hybridized carbons (Fsp3) is 0.360. The summed E-state index contributed by atoms with van der Waals surface area (Å²) in [5.41, 5.74) is 3.72. The number of rotatable bonds is 7. The lowest BCUT2D eigenvalue weighted by Crippen LogP contribution is -2.39. The van der Waals surface area contributed by atoms with Crippen LogP contribution in [0.15, 0.2) is 46.9 Å². The number of carbonyl (C=O) groups is 2. The maximum Gasteiger partial charge on any atom is 0.326 e. The topological polar surface area (TPSA) is 71.3 Å². The van der Waals surface area contributed by atoms with Crippen LogP contribution in [0, 0.1) is 5.82 Å². The van der Waals surface area contributed by atoms with E-state index in [2.05, 4.69) is 21.2 Å². The van der Waals surface area contributed by atoms with E-state index in [-0.39, 0.29) is 17.8 Å². The van der Waals surface area contributed by atoms with Crippen LogP contribution >= 0.6 is 15.9 Å². The number of aromatic nitrogens is 1. The number of nitrogens with one attached hydrogen (secondary N) is 1. The number of fused-ring (bicyclic) bond motifs is 3. The molecule has 0 radical (unpaired) electrons. The van der Waals surface area contributed by atoms with Gasteiger partial charge in [0.25, 0.3) is 0 Å². The van der Waals surface area contributed by atoms with E-state index < -0.39 is 12.0 Å². The number of nitrogens with zero attached hydrogens (tertiary/aromatic N) is 1. The van der Waals surface area contributed by atoms with Crippen LogP contribution in [-0.4, -0.2) is 27.6 Å². The average Bonchev–Trinajstić information content (AvgIpc) is 3.06. The quantitative estimate of drug-likeness (QED) is 0.469. The maximum absolute atomic E-state index is 14.1. The second-order valence-corrected chi connectivity index (χ2v) is 9.17. The van der Waals surface area contributed by atoms with Gasteiger partial charge >= 0.3 is 5.97 Å². The molecule has 0 spiro atoms. The van der Waals surface area contributed by atoms with E-state index in [1.165, 1.54) is 12.1 Å². The first-order valence-electron chi connectivity index (χ1n) is 11.0. The minimum absolute atomic E-state index is 0.0129. The monoisotopic (exact) mass is 500 g/mol. The normalized spacial score (nSPS) is 16.5. The van der Waals surface area contributed by atoms with Gasteiger partial charge in [0.15, 0.2) is 0 Å². The smallest absolute Gasteiger partial charge is 0.326 e. The van der Waals surface area contributed by atoms with Crippen LogP contribution in [0.2, 0.25) is 0 Å². The van der Waals surface area contributed by atoms with Crippen LogP contribution in [0.3, 0.4) is 0 Å². The molecule has 1 amide bonds. The molecular weight excluding hydrogens is 475 g/mol. The van der Waals surface area contributed by atoms with Gasteiger partial charge in [-0.25, -0.2) is 9.18 Å². The SMILES string of the molecule is CCC(C(=O)O)n1c2c(c3cc(F)ccc31)CC(NC(=O)CCc1ccccc1Br)CC2. The first-order chi connectivity index (χ1) is 15.4. The van der Waals surface area contributed by atoms with Crippen molar-refractivity contribution in [2.45, 2.75) is 57.5 Å². The van der Waals surface area contributed by atoms with E-state index in [4.69, 9.17) is 0 Å². The molecule has 2 N–H and O–H groups in total. The second kappa shape index (κ2) is 9.45. The van der Waals surface area contributed by atoms with Crippen molar-refractivity contribution in [3.05, 3.63) is 69.6 Å². The van der Waals surface area contributed by atoms with Crippen molar-refractivity contribution >= 4 is 38.7 Å². The van der Waals surface area contributed by atoms with E-state index in [1.54, 1.807) is 6.07 Å². The lowest BCUT2D eigenvalue weighted by atomic mass is 9.91. The summed E-state index contributed by atoms with van der Waals surface area (Å²) in [4.78, 5) is 24.5. The number of amides is 1. The first-order valence-corrected chi connectivity index (χ1v) is 11.7. The molecule has 168 valence electrons. The lowest BCUT2D eigenvalue weighted by molar-refractivity contribution is -0.141. The minimum atomic E-state index is -0.890. The molecule has 0 saturated carbocycles. The number of hydrogen-bond donors (Lipinski definition) is 2. The van der Waals surface area contributed by atoms with Gasteiger partial charge in [-0.1, -0.05) is 41.1 Å². The maximum atomic E-state index is 14.1. The van der Waals surface area contributed by atoms with Gasteiger partial charge in [0.05, 0.1) is 0 Å². The number of benzene rings is 2. The summed E-state index contributed by atoms with van der Waals surface area (Å²) in [5, 5.41) is 13.6. The molecule has 4 rings (SSSR count). The molecule has 1 aromatic heterocycles. The number of aryl methyl sites for hydroxylation is 1. The van der Waals surface area contributed by atoms with Crippen molar-refractivity contribution in [2.75, 3.05) is 0 Å². The molecule has 32 heavy (non-hydrogen) atoms. The van der Waals surface area contributed by atoms with Crippen LogP contribution in [-0.2, 0) is 28.9 Å². The van der Waals surface area contributed by atoms with Gasteiger partial charge in [0.1, 0.15) is 11.9 Å². The van der Waals surface area contributed by atoms with Crippen molar-refractivity contribution in [3.63, 3.8) is 0 Å². The molecular formula is C25H26BrFN2O3. The third kappa shape index (κ3) is 4.44. The van der Waals surface area contributed by atoms with Crippen LogP contribution < -0.4 is 5.32 Å². The fourth-order valence-electron chi connectivity index (χ4n) is 4.76. The molecule has 2 unspecified atom stereocenters. The molecule has 5 nitrogen and oxygen atoms in total. The molecule has 0 aliphatic heterocycles. The Labute approximate surface area is 194 Å². The van der Waals surface area contributed by atoms with Crippen LogP contribution in [0.25, 0.3) is 10.9 Å². The van der Waals surface area contributed by atoms with Crippen molar-refractivity contribution in [3.8, 4) is 0 Å². The average molecular weight is 501 g/mol. The standard InChI is InChI=1S/C25H26BrFN2O3/c1-2-21(25(31)32)29-22-10-8-16(27)13-18(22)19-14-17(9-11-23(19)29)28-24(30)12-7-15-5-3-4-6-20(15)26/h3-6,8,10,13,17,21H,2,7,9,11-12,14H2,1H3,(H,28,30)(H,31,32). The van der Waals surface area contributed by atoms with E-state index >= 15 is 0 Å². The number of hydrogen-bond acceptors (Lipinski definition) is 2. The third-order valence-corrected chi connectivity index (χ3v) is 7.06. The lowest BCUT2D eigenvalue weighted by Gasteiger charge is -2.26. The van der Waals surface area contributed by atoms with Crippen molar-refractivity contribution in [2.24, 2.45) is 0 Å². The Balaban J connectivity index is 1.55. The Hall–Kier alpha value is -2.67. The van der Waals surface area contributed by atoms with E-state index in [1.807, 2.05) is 35.8 Å². The molecule has 1 heterocycles.